The number of halogens is 2. The Morgan fingerprint density at radius 2 is 1.72 bits per heavy atom. The van der Waals surface area contributed by atoms with Gasteiger partial charge in [0.25, 0.3) is 0 Å². The summed E-state index contributed by atoms with van der Waals surface area (Å²) >= 11 is 11.8. The highest BCUT2D eigenvalue weighted by atomic mass is 35.5. The van der Waals surface area contributed by atoms with E-state index < -0.39 is 0 Å². The molecule has 0 aliphatic heterocycles. The average Bonchev–Trinajstić information content (AvgIpc) is 2.26. The molecule has 1 heterocycles. The van der Waals surface area contributed by atoms with Crippen LogP contribution in [0.3, 0.4) is 0 Å². The van der Waals surface area contributed by atoms with Crippen molar-refractivity contribution < 1.29 is 4.74 Å². The predicted molar refractivity (Wildman–Crippen MR) is 72.9 cm³/mol. The number of benzene rings is 1. The largest absolute Gasteiger partial charge is 0.439 e. The van der Waals surface area contributed by atoms with Crippen LogP contribution in [0.4, 0.5) is 5.95 Å². The average molecular weight is 284 g/mol. The lowest BCUT2D eigenvalue weighted by Crippen LogP contribution is -1.99. The molecule has 0 saturated heterocycles. The van der Waals surface area contributed by atoms with E-state index in [0.717, 1.165) is 5.69 Å². The van der Waals surface area contributed by atoms with Gasteiger partial charge in [-0.1, -0.05) is 23.2 Å². The Labute approximate surface area is 115 Å². The van der Waals surface area contributed by atoms with Crippen molar-refractivity contribution in [3.05, 3.63) is 40.0 Å². The van der Waals surface area contributed by atoms with Gasteiger partial charge in [0.1, 0.15) is 5.75 Å². The number of rotatable bonds is 3. The van der Waals surface area contributed by atoms with Gasteiger partial charge in [0, 0.05) is 28.9 Å². The molecule has 0 spiro atoms. The molecular formula is C12H11Cl2N3O. The maximum atomic E-state index is 5.90. The standard InChI is InChI=1S/C12H11Cl2N3O/c1-7-3-11(17-12(15-2)16-7)18-10-5-8(13)4-9(14)6-10/h3-6H,1-2H3,(H,15,16,17). The maximum Gasteiger partial charge on any atom is 0.225 e. The fraction of sp³-hybridized carbons (Fsp3) is 0.167. The minimum Gasteiger partial charge on any atom is -0.439 e. The summed E-state index contributed by atoms with van der Waals surface area (Å²) in [7, 11) is 1.74. The summed E-state index contributed by atoms with van der Waals surface area (Å²) in [5.41, 5.74) is 0.803. The van der Waals surface area contributed by atoms with Crippen LogP contribution >= 0.6 is 23.2 Å². The third kappa shape index (κ3) is 3.24. The summed E-state index contributed by atoms with van der Waals surface area (Å²) in [5, 5.41) is 3.88. The first-order valence-electron chi connectivity index (χ1n) is 5.24. The molecule has 94 valence electrons. The fourth-order valence-electron chi connectivity index (χ4n) is 1.41. The molecule has 6 heteroatoms. The van der Waals surface area contributed by atoms with Crippen LogP contribution in [0.5, 0.6) is 11.6 Å². The molecule has 0 radical (unpaired) electrons. The number of aromatic nitrogens is 2. The van der Waals surface area contributed by atoms with Crippen LogP contribution in [-0.2, 0) is 0 Å². The minimum atomic E-state index is 0.435. The number of nitrogens with zero attached hydrogens (tertiary/aromatic N) is 2. The molecule has 0 bridgehead atoms. The van der Waals surface area contributed by atoms with Crippen LogP contribution in [0.15, 0.2) is 24.3 Å². The highest BCUT2D eigenvalue weighted by Crippen LogP contribution is 2.27. The molecule has 0 saturated carbocycles. The first-order chi connectivity index (χ1) is 8.56. The van der Waals surface area contributed by atoms with Gasteiger partial charge in [0.2, 0.25) is 11.8 Å². The van der Waals surface area contributed by atoms with Crippen molar-refractivity contribution in [2.45, 2.75) is 6.92 Å². The third-order valence-corrected chi connectivity index (χ3v) is 2.55. The van der Waals surface area contributed by atoms with E-state index in [-0.39, 0.29) is 0 Å². The molecule has 4 nitrogen and oxygen atoms in total. The van der Waals surface area contributed by atoms with E-state index in [2.05, 4.69) is 15.3 Å². The Morgan fingerprint density at radius 1 is 1.06 bits per heavy atom. The predicted octanol–water partition coefficient (Wildman–Crippen LogP) is 3.93. The molecule has 2 aromatic rings. The lowest BCUT2D eigenvalue weighted by molar-refractivity contribution is 0.462. The van der Waals surface area contributed by atoms with Crippen LogP contribution < -0.4 is 10.1 Å². The highest BCUT2D eigenvalue weighted by molar-refractivity contribution is 6.34. The summed E-state index contributed by atoms with van der Waals surface area (Å²) in [6.07, 6.45) is 0. The van der Waals surface area contributed by atoms with Crippen molar-refractivity contribution in [3.8, 4) is 11.6 Å². The highest BCUT2D eigenvalue weighted by Gasteiger charge is 2.05. The van der Waals surface area contributed by atoms with Crippen LogP contribution in [-0.4, -0.2) is 17.0 Å². The number of aryl methyl sites for hydroxylation is 1. The van der Waals surface area contributed by atoms with Crippen molar-refractivity contribution in [2.24, 2.45) is 0 Å². The molecule has 0 unspecified atom stereocenters. The second-order valence-electron chi connectivity index (χ2n) is 3.63. The van der Waals surface area contributed by atoms with Crippen LogP contribution in [0.25, 0.3) is 0 Å². The number of anilines is 1. The van der Waals surface area contributed by atoms with E-state index in [1.807, 2.05) is 6.92 Å². The van der Waals surface area contributed by atoms with Crippen molar-refractivity contribution >= 4 is 29.2 Å². The van der Waals surface area contributed by atoms with Gasteiger partial charge in [-0.3, -0.25) is 0 Å². The van der Waals surface area contributed by atoms with Crippen LogP contribution in [0.1, 0.15) is 5.69 Å². The van der Waals surface area contributed by atoms with E-state index in [9.17, 15) is 0 Å². The molecule has 0 fully saturated rings. The zero-order chi connectivity index (χ0) is 13.1. The van der Waals surface area contributed by atoms with Gasteiger partial charge >= 0.3 is 0 Å². The van der Waals surface area contributed by atoms with Gasteiger partial charge in [-0.2, -0.15) is 4.98 Å². The SMILES string of the molecule is CNc1nc(C)cc(Oc2cc(Cl)cc(Cl)c2)n1. The van der Waals surface area contributed by atoms with Gasteiger partial charge in [0.05, 0.1) is 0 Å². The summed E-state index contributed by atoms with van der Waals surface area (Å²) < 4.78 is 5.60. The first kappa shape index (κ1) is 12.9. The molecule has 1 N–H and O–H groups in total. The summed E-state index contributed by atoms with van der Waals surface area (Å²) in [6, 6.07) is 6.71. The topological polar surface area (TPSA) is 47.0 Å². The molecular weight excluding hydrogens is 273 g/mol. The molecule has 0 aliphatic rings. The van der Waals surface area contributed by atoms with Crippen LogP contribution in [0.2, 0.25) is 10.0 Å². The van der Waals surface area contributed by atoms with Gasteiger partial charge < -0.3 is 10.1 Å². The molecule has 0 amide bonds. The van der Waals surface area contributed by atoms with Gasteiger partial charge in [-0.15, -0.1) is 0 Å². The number of hydrogen-bond donors (Lipinski definition) is 1. The lowest BCUT2D eigenvalue weighted by Gasteiger charge is -2.08. The summed E-state index contributed by atoms with van der Waals surface area (Å²) in [6.45, 7) is 1.86. The summed E-state index contributed by atoms with van der Waals surface area (Å²) in [4.78, 5) is 8.35. The van der Waals surface area contributed by atoms with Crippen LogP contribution in [0, 0.1) is 6.92 Å². The van der Waals surface area contributed by atoms with E-state index in [0.29, 0.717) is 27.6 Å². The monoisotopic (exact) mass is 283 g/mol. The van der Waals surface area contributed by atoms with Gasteiger partial charge in [-0.25, -0.2) is 4.98 Å². The zero-order valence-electron chi connectivity index (χ0n) is 9.87. The van der Waals surface area contributed by atoms with Crippen molar-refractivity contribution in [1.82, 2.24) is 9.97 Å². The number of ether oxygens (including phenoxy) is 1. The molecule has 0 aliphatic carbocycles. The lowest BCUT2D eigenvalue weighted by atomic mass is 10.3. The normalized spacial score (nSPS) is 10.2. The number of nitrogens with one attached hydrogen (secondary N) is 1. The molecule has 0 atom stereocenters. The second-order valence-corrected chi connectivity index (χ2v) is 4.50. The van der Waals surface area contributed by atoms with Crippen molar-refractivity contribution in [3.63, 3.8) is 0 Å². The fourth-order valence-corrected chi connectivity index (χ4v) is 1.92. The minimum absolute atomic E-state index is 0.435. The Hall–Kier alpha value is -1.52. The maximum absolute atomic E-state index is 5.90. The molecule has 1 aromatic heterocycles. The smallest absolute Gasteiger partial charge is 0.225 e. The Morgan fingerprint density at radius 3 is 2.33 bits per heavy atom. The van der Waals surface area contributed by atoms with E-state index >= 15 is 0 Å². The molecule has 18 heavy (non-hydrogen) atoms. The molecule has 1 aromatic carbocycles. The van der Waals surface area contributed by atoms with Crippen molar-refractivity contribution in [2.75, 3.05) is 12.4 Å². The zero-order valence-corrected chi connectivity index (χ0v) is 11.4. The third-order valence-electron chi connectivity index (χ3n) is 2.11. The summed E-state index contributed by atoms with van der Waals surface area (Å²) in [5.74, 6) is 1.47. The Bertz CT molecular complexity index is 555. The van der Waals surface area contributed by atoms with E-state index in [1.165, 1.54) is 0 Å². The van der Waals surface area contributed by atoms with Crippen molar-refractivity contribution in [1.29, 1.82) is 0 Å². The Kier molecular flexibility index (Phi) is 3.89. The van der Waals surface area contributed by atoms with Gasteiger partial charge in [-0.05, 0) is 25.1 Å². The molecule has 2 rings (SSSR count). The number of hydrogen-bond acceptors (Lipinski definition) is 4. The Balaban J connectivity index is 2.30. The quantitative estimate of drug-likeness (QED) is 0.927. The van der Waals surface area contributed by atoms with Gasteiger partial charge in [0.15, 0.2) is 0 Å². The second kappa shape index (κ2) is 5.42. The van der Waals surface area contributed by atoms with E-state index in [4.69, 9.17) is 27.9 Å². The first-order valence-corrected chi connectivity index (χ1v) is 6.00. The van der Waals surface area contributed by atoms with E-state index in [1.54, 1.807) is 31.3 Å².